The van der Waals surface area contributed by atoms with E-state index in [0.717, 1.165) is 12.8 Å². The average molecular weight is 360 g/mol. The summed E-state index contributed by atoms with van der Waals surface area (Å²) < 4.78 is 5.27. The zero-order chi connectivity index (χ0) is 17.1. The Balaban J connectivity index is 2.29. The van der Waals surface area contributed by atoms with E-state index in [1.165, 1.54) is 23.1 Å². The van der Waals surface area contributed by atoms with Crippen molar-refractivity contribution in [2.24, 2.45) is 0 Å². The van der Waals surface area contributed by atoms with Gasteiger partial charge in [0, 0.05) is 6.42 Å². The summed E-state index contributed by atoms with van der Waals surface area (Å²) in [6.07, 6.45) is 2.23. The molecule has 0 saturated heterocycles. The molecule has 0 fully saturated rings. The van der Waals surface area contributed by atoms with Gasteiger partial charge in [-0.05, 0) is 13.3 Å². The van der Waals surface area contributed by atoms with Crippen molar-refractivity contribution in [3.8, 4) is 0 Å². The number of thioether (sulfide) groups is 1. The standard InChI is InChI=1S/C13H20N4O4S2/c1-3-5-6-9(18)15-12-16-17-13(23-12)22-8-10(19)14-7-11(20)21-4-2/h3-8H2,1-2H3,(H,14,19)(H,15,16,18). The van der Waals surface area contributed by atoms with Gasteiger partial charge in [-0.15, -0.1) is 10.2 Å². The van der Waals surface area contributed by atoms with Crippen molar-refractivity contribution >= 4 is 46.0 Å². The first-order chi connectivity index (χ1) is 11.0. The molecule has 1 rings (SSSR count). The number of carbonyl (C=O) groups is 3. The maximum Gasteiger partial charge on any atom is 0.325 e. The van der Waals surface area contributed by atoms with E-state index in [1.807, 2.05) is 6.92 Å². The molecule has 0 aliphatic rings. The minimum absolute atomic E-state index is 0.0910. The molecule has 0 spiro atoms. The van der Waals surface area contributed by atoms with Crippen LogP contribution in [0.15, 0.2) is 4.34 Å². The summed E-state index contributed by atoms with van der Waals surface area (Å²) >= 11 is 2.40. The van der Waals surface area contributed by atoms with Crippen LogP contribution in [-0.4, -0.2) is 46.9 Å². The second kappa shape index (κ2) is 10.9. The third-order valence-electron chi connectivity index (χ3n) is 2.47. The van der Waals surface area contributed by atoms with Crippen molar-refractivity contribution in [2.75, 3.05) is 24.2 Å². The number of unbranched alkanes of at least 4 members (excludes halogenated alkanes) is 1. The van der Waals surface area contributed by atoms with Gasteiger partial charge in [0.25, 0.3) is 0 Å². The van der Waals surface area contributed by atoms with Crippen molar-refractivity contribution in [3.05, 3.63) is 0 Å². The zero-order valence-corrected chi connectivity index (χ0v) is 14.7. The molecular weight excluding hydrogens is 340 g/mol. The Bertz CT molecular complexity index is 536. The molecule has 8 nitrogen and oxygen atoms in total. The lowest BCUT2D eigenvalue weighted by Crippen LogP contribution is -2.31. The number of amides is 2. The molecule has 2 N–H and O–H groups in total. The Kier molecular flexibility index (Phi) is 9.22. The van der Waals surface area contributed by atoms with Crippen molar-refractivity contribution in [1.82, 2.24) is 15.5 Å². The van der Waals surface area contributed by atoms with Gasteiger partial charge in [0.05, 0.1) is 12.4 Å². The molecule has 0 aromatic carbocycles. The Morgan fingerprint density at radius 1 is 1.22 bits per heavy atom. The Morgan fingerprint density at radius 2 is 2.00 bits per heavy atom. The van der Waals surface area contributed by atoms with E-state index >= 15 is 0 Å². The minimum atomic E-state index is -0.473. The van der Waals surface area contributed by atoms with Gasteiger partial charge in [0.2, 0.25) is 16.9 Å². The van der Waals surface area contributed by atoms with E-state index in [-0.39, 0.29) is 30.7 Å². The SMILES string of the molecule is CCCCC(=O)Nc1nnc(SCC(=O)NCC(=O)OCC)s1. The number of anilines is 1. The maximum absolute atomic E-state index is 11.6. The summed E-state index contributed by atoms with van der Waals surface area (Å²) in [4.78, 5) is 34.2. The van der Waals surface area contributed by atoms with Crippen LogP contribution in [0.4, 0.5) is 5.13 Å². The monoisotopic (exact) mass is 360 g/mol. The van der Waals surface area contributed by atoms with E-state index in [0.29, 0.717) is 15.9 Å². The highest BCUT2D eigenvalue weighted by Crippen LogP contribution is 2.25. The predicted molar refractivity (Wildman–Crippen MR) is 88.4 cm³/mol. The fourth-order valence-corrected chi connectivity index (χ4v) is 3.00. The number of carbonyl (C=O) groups excluding carboxylic acids is 3. The van der Waals surface area contributed by atoms with Crippen LogP contribution in [0.3, 0.4) is 0 Å². The number of nitrogens with zero attached hydrogens (tertiary/aromatic N) is 2. The van der Waals surface area contributed by atoms with Gasteiger partial charge < -0.3 is 15.4 Å². The molecule has 23 heavy (non-hydrogen) atoms. The van der Waals surface area contributed by atoms with Gasteiger partial charge in [0.15, 0.2) is 4.34 Å². The lowest BCUT2D eigenvalue weighted by molar-refractivity contribution is -0.143. The molecule has 0 unspecified atom stereocenters. The number of ether oxygens (including phenoxy) is 1. The van der Waals surface area contributed by atoms with Crippen LogP contribution in [0.2, 0.25) is 0 Å². The van der Waals surface area contributed by atoms with Crippen LogP contribution in [0.1, 0.15) is 33.1 Å². The van der Waals surface area contributed by atoms with E-state index in [9.17, 15) is 14.4 Å². The second-order valence-electron chi connectivity index (χ2n) is 4.40. The number of hydrogen-bond acceptors (Lipinski definition) is 8. The van der Waals surface area contributed by atoms with Crippen molar-refractivity contribution < 1.29 is 19.1 Å². The fraction of sp³-hybridized carbons (Fsp3) is 0.615. The zero-order valence-electron chi connectivity index (χ0n) is 13.1. The van der Waals surface area contributed by atoms with Crippen molar-refractivity contribution in [1.29, 1.82) is 0 Å². The van der Waals surface area contributed by atoms with Gasteiger partial charge in [0.1, 0.15) is 6.54 Å². The van der Waals surface area contributed by atoms with Crippen LogP contribution in [-0.2, 0) is 19.1 Å². The topological polar surface area (TPSA) is 110 Å². The minimum Gasteiger partial charge on any atom is -0.465 e. The largest absolute Gasteiger partial charge is 0.465 e. The predicted octanol–water partition coefficient (Wildman–Crippen LogP) is 1.44. The summed E-state index contributed by atoms with van der Waals surface area (Å²) in [5.41, 5.74) is 0. The van der Waals surface area contributed by atoms with Gasteiger partial charge in [-0.3, -0.25) is 14.4 Å². The highest BCUT2D eigenvalue weighted by Gasteiger charge is 2.11. The number of rotatable bonds is 10. The highest BCUT2D eigenvalue weighted by molar-refractivity contribution is 8.01. The van der Waals surface area contributed by atoms with Crippen molar-refractivity contribution in [3.63, 3.8) is 0 Å². The normalized spacial score (nSPS) is 10.2. The van der Waals surface area contributed by atoms with Crippen LogP contribution < -0.4 is 10.6 Å². The molecule has 0 saturated carbocycles. The molecule has 2 amide bonds. The number of esters is 1. The molecule has 0 atom stereocenters. The van der Waals surface area contributed by atoms with Crippen LogP contribution in [0, 0.1) is 0 Å². The second-order valence-corrected chi connectivity index (χ2v) is 6.60. The summed E-state index contributed by atoms with van der Waals surface area (Å²) in [7, 11) is 0. The number of hydrogen-bond donors (Lipinski definition) is 2. The molecule has 0 aliphatic heterocycles. The molecule has 128 valence electrons. The van der Waals surface area contributed by atoms with E-state index < -0.39 is 5.97 Å². The van der Waals surface area contributed by atoms with Crippen molar-refractivity contribution in [2.45, 2.75) is 37.4 Å². The lowest BCUT2D eigenvalue weighted by Gasteiger charge is -2.03. The molecule has 10 heteroatoms. The molecule has 1 aromatic heterocycles. The first kappa shape index (κ1) is 19.4. The molecule has 1 aromatic rings. The molecule has 1 heterocycles. The number of nitrogens with one attached hydrogen (secondary N) is 2. The average Bonchev–Trinajstić information content (AvgIpc) is 2.96. The first-order valence-electron chi connectivity index (χ1n) is 7.23. The maximum atomic E-state index is 11.6. The number of aromatic nitrogens is 2. The van der Waals surface area contributed by atoms with Crippen LogP contribution in [0.25, 0.3) is 0 Å². The molecule has 0 bridgehead atoms. The molecule has 0 aliphatic carbocycles. The van der Waals surface area contributed by atoms with Gasteiger partial charge in [-0.25, -0.2) is 0 Å². The lowest BCUT2D eigenvalue weighted by atomic mass is 10.2. The summed E-state index contributed by atoms with van der Waals surface area (Å²) in [6.45, 7) is 3.84. The molecular formula is C13H20N4O4S2. The third kappa shape index (κ3) is 8.50. The first-order valence-corrected chi connectivity index (χ1v) is 9.03. The van der Waals surface area contributed by atoms with Gasteiger partial charge in [-0.2, -0.15) is 0 Å². The summed E-state index contributed by atoms with van der Waals surface area (Å²) in [6, 6.07) is 0. The smallest absolute Gasteiger partial charge is 0.325 e. The Morgan fingerprint density at radius 3 is 2.70 bits per heavy atom. The van der Waals surface area contributed by atoms with E-state index in [1.54, 1.807) is 6.92 Å². The van der Waals surface area contributed by atoms with Gasteiger partial charge in [-0.1, -0.05) is 36.4 Å². The summed E-state index contributed by atoms with van der Waals surface area (Å²) in [5, 5.41) is 13.3. The highest BCUT2D eigenvalue weighted by atomic mass is 32.2. The quantitative estimate of drug-likeness (QED) is 0.369. The van der Waals surface area contributed by atoms with Gasteiger partial charge >= 0.3 is 5.97 Å². The Labute approximate surface area is 142 Å². The van der Waals surface area contributed by atoms with E-state index in [2.05, 4.69) is 20.8 Å². The van der Waals surface area contributed by atoms with Crippen LogP contribution >= 0.6 is 23.1 Å². The summed E-state index contributed by atoms with van der Waals surface area (Å²) in [5.74, 6) is -0.755. The van der Waals surface area contributed by atoms with Crippen LogP contribution in [0.5, 0.6) is 0 Å². The molecule has 0 radical (unpaired) electrons. The third-order valence-corrected chi connectivity index (χ3v) is 4.44. The fourth-order valence-electron chi connectivity index (χ4n) is 1.40. The van der Waals surface area contributed by atoms with E-state index in [4.69, 9.17) is 4.74 Å². The Hall–Kier alpha value is -1.68.